The maximum absolute atomic E-state index is 5.23. The average Bonchev–Trinajstić information content (AvgIpc) is 3.67. The van der Waals surface area contributed by atoms with E-state index in [-0.39, 0.29) is 5.41 Å². The predicted octanol–water partition coefficient (Wildman–Crippen LogP) is 14.1. The molecule has 3 aliphatic carbocycles. The molecule has 6 nitrogen and oxygen atoms in total. The summed E-state index contributed by atoms with van der Waals surface area (Å²) in [6.07, 6.45) is 5.17. The Morgan fingerprint density at radius 3 is 1.25 bits per heavy atom. The number of hydrogen-bond donors (Lipinski definition) is 0. The Hall–Kier alpha value is -7.44. The third kappa shape index (κ3) is 6.87. The van der Waals surface area contributed by atoms with E-state index in [9.17, 15) is 0 Å². The molecule has 65 heavy (non-hydrogen) atoms. The predicted molar refractivity (Wildman–Crippen MR) is 261 cm³/mol. The first kappa shape index (κ1) is 39.2. The third-order valence-corrected chi connectivity index (χ3v) is 14.5. The maximum Gasteiger partial charge on any atom is 0.164 e. The molecule has 2 fully saturated rings. The second-order valence-corrected chi connectivity index (χ2v) is 18.6. The topological polar surface area (TPSA) is 77.3 Å². The minimum atomic E-state index is -0.0414. The van der Waals surface area contributed by atoms with Crippen LogP contribution in [0, 0.1) is 23.7 Å². The van der Waals surface area contributed by atoms with Gasteiger partial charge in [0, 0.05) is 38.8 Å². The molecule has 5 atom stereocenters. The van der Waals surface area contributed by atoms with E-state index in [2.05, 4.69) is 123 Å². The Bertz CT molecular complexity index is 2940. The lowest BCUT2D eigenvalue weighted by Gasteiger charge is -2.54. The molecule has 9 aromatic rings. The largest absolute Gasteiger partial charge is 0.208 e. The van der Waals surface area contributed by atoms with Crippen LogP contribution >= 0.6 is 0 Å². The molecule has 0 saturated heterocycles. The summed E-state index contributed by atoms with van der Waals surface area (Å²) < 4.78 is 0. The van der Waals surface area contributed by atoms with Gasteiger partial charge in [-0.3, -0.25) is 0 Å². The number of rotatable bonds is 7. The van der Waals surface area contributed by atoms with Gasteiger partial charge in [0.05, 0.1) is 0 Å². The van der Waals surface area contributed by atoms with Crippen molar-refractivity contribution in [3.05, 3.63) is 193 Å². The highest BCUT2D eigenvalue weighted by atomic mass is 15.0. The van der Waals surface area contributed by atoms with Crippen LogP contribution in [0.5, 0.6) is 0 Å². The van der Waals surface area contributed by atoms with Crippen LogP contribution in [0.25, 0.3) is 90.6 Å². The van der Waals surface area contributed by atoms with E-state index in [0.717, 1.165) is 56.3 Å². The highest BCUT2D eigenvalue weighted by Crippen LogP contribution is 2.64. The lowest BCUT2D eigenvalue weighted by molar-refractivity contribution is 0.0426. The highest BCUT2D eigenvalue weighted by molar-refractivity contribution is 5.86. The standard InChI is InChI=1S/C59H48N6/c1-37-29-39-31-38(2)59(48(30-37)32-39)51-26-16-15-25-49(51)50-28-27-44(36-52(50)59)45-33-46(57-62-53(40-17-7-3-8-18-40)60-54(63-57)41-19-9-4-10-20-41)35-47(34-45)58-64-55(42-21-11-5-12-22-42)61-56(65-58)43-23-13-6-14-24-43/h3-28,33-39,48H,29-32H2,1-2H3. The number of hydrogen-bond acceptors (Lipinski definition) is 6. The fourth-order valence-corrected chi connectivity index (χ4v) is 11.8. The van der Waals surface area contributed by atoms with Gasteiger partial charge in [-0.25, -0.2) is 29.9 Å². The van der Waals surface area contributed by atoms with E-state index < -0.39 is 0 Å². The Labute approximate surface area is 380 Å². The second-order valence-electron chi connectivity index (χ2n) is 18.6. The molecule has 314 valence electrons. The summed E-state index contributed by atoms with van der Waals surface area (Å²) in [5.74, 6) is 6.25. The van der Waals surface area contributed by atoms with Crippen molar-refractivity contribution in [1.82, 2.24) is 29.9 Å². The SMILES string of the molecule is CC1CC2CC(C)C3(c4ccccc4-c4ccc(-c5cc(-c6nc(-c7ccccc7)nc(-c7ccccc7)n6)cc(-c6nc(-c7ccccc7)nc(-c7ccccc7)n6)c5)cc43)C(C1)C2. The molecule has 0 aliphatic heterocycles. The van der Waals surface area contributed by atoms with Crippen molar-refractivity contribution in [2.75, 3.05) is 0 Å². The van der Waals surface area contributed by atoms with E-state index in [4.69, 9.17) is 29.9 Å². The second kappa shape index (κ2) is 16.0. The highest BCUT2D eigenvalue weighted by Gasteiger charge is 2.56. The van der Waals surface area contributed by atoms with E-state index in [1.54, 1.807) is 0 Å². The lowest BCUT2D eigenvalue weighted by Crippen LogP contribution is -2.49. The smallest absolute Gasteiger partial charge is 0.164 e. The quantitative estimate of drug-likeness (QED) is 0.159. The molecule has 3 aliphatic rings. The first-order chi connectivity index (χ1) is 32.0. The summed E-state index contributed by atoms with van der Waals surface area (Å²) in [6.45, 7) is 5.02. The van der Waals surface area contributed by atoms with Gasteiger partial charge in [0.15, 0.2) is 34.9 Å². The summed E-state index contributed by atoms with van der Waals surface area (Å²) >= 11 is 0. The van der Waals surface area contributed by atoms with Gasteiger partial charge in [-0.2, -0.15) is 0 Å². The molecule has 1 spiro atoms. The van der Waals surface area contributed by atoms with E-state index in [0.29, 0.717) is 46.8 Å². The zero-order valence-corrected chi connectivity index (χ0v) is 36.6. The van der Waals surface area contributed by atoms with Crippen LogP contribution in [0.1, 0.15) is 50.7 Å². The van der Waals surface area contributed by atoms with E-state index in [1.165, 1.54) is 47.9 Å². The fourth-order valence-electron chi connectivity index (χ4n) is 11.8. The Morgan fingerprint density at radius 2 is 0.754 bits per heavy atom. The van der Waals surface area contributed by atoms with Crippen molar-refractivity contribution < 1.29 is 0 Å². The van der Waals surface area contributed by atoms with Gasteiger partial charge < -0.3 is 0 Å². The average molecular weight is 841 g/mol. The van der Waals surface area contributed by atoms with Crippen LogP contribution < -0.4 is 0 Å². The fraction of sp³-hybridized carbons (Fsp3) is 0.186. The van der Waals surface area contributed by atoms with Crippen molar-refractivity contribution >= 4 is 0 Å². The van der Waals surface area contributed by atoms with Crippen molar-refractivity contribution in [3.63, 3.8) is 0 Å². The molecular formula is C59H48N6. The minimum Gasteiger partial charge on any atom is -0.208 e. The molecular weight excluding hydrogens is 793 g/mol. The summed E-state index contributed by atoms with van der Waals surface area (Å²) in [6, 6.07) is 63.8. The monoisotopic (exact) mass is 840 g/mol. The van der Waals surface area contributed by atoms with Gasteiger partial charge in [0.25, 0.3) is 0 Å². The number of fused-ring (bicyclic) bond motifs is 8. The van der Waals surface area contributed by atoms with Crippen LogP contribution in [0.2, 0.25) is 0 Å². The van der Waals surface area contributed by atoms with Crippen LogP contribution in [-0.2, 0) is 5.41 Å². The minimum absolute atomic E-state index is 0.0414. The van der Waals surface area contributed by atoms with Gasteiger partial charge >= 0.3 is 0 Å². The molecule has 12 rings (SSSR count). The molecule has 0 N–H and O–H groups in total. The van der Waals surface area contributed by atoms with Gasteiger partial charge in [0.1, 0.15) is 0 Å². The van der Waals surface area contributed by atoms with Crippen molar-refractivity contribution in [2.24, 2.45) is 23.7 Å². The van der Waals surface area contributed by atoms with Crippen molar-refractivity contribution in [1.29, 1.82) is 0 Å². The molecule has 6 heteroatoms. The molecule has 7 aromatic carbocycles. The number of aromatic nitrogens is 6. The van der Waals surface area contributed by atoms with Crippen LogP contribution in [0.15, 0.2) is 182 Å². The molecule has 0 amide bonds. The molecule has 2 heterocycles. The first-order valence-electron chi connectivity index (χ1n) is 23.1. The Balaban J connectivity index is 1.10. The lowest BCUT2D eigenvalue weighted by atomic mass is 9.49. The summed E-state index contributed by atoms with van der Waals surface area (Å²) in [5, 5.41) is 0. The normalized spacial score (nSPS) is 20.6. The number of nitrogens with zero attached hydrogens (tertiary/aromatic N) is 6. The molecule has 2 aromatic heterocycles. The zero-order valence-electron chi connectivity index (χ0n) is 36.6. The van der Waals surface area contributed by atoms with E-state index in [1.807, 2.05) is 72.8 Å². The van der Waals surface area contributed by atoms with Crippen molar-refractivity contribution in [2.45, 2.75) is 44.9 Å². The number of benzene rings is 7. The molecule has 5 unspecified atom stereocenters. The van der Waals surface area contributed by atoms with Crippen LogP contribution in [-0.4, -0.2) is 29.9 Å². The van der Waals surface area contributed by atoms with Gasteiger partial charge in [0.2, 0.25) is 0 Å². The summed E-state index contributed by atoms with van der Waals surface area (Å²) in [4.78, 5) is 31.0. The van der Waals surface area contributed by atoms with Crippen LogP contribution in [0.4, 0.5) is 0 Å². The summed E-state index contributed by atoms with van der Waals surface area (Å²) in [7, 11) is 0. The van der Waals surface area contributed by atoms with Gasteiger partial charge in [-0.15, -0.1) is 0 Å². The van der Waals surface area contributed by atoms with Crippen LogP contribution in [0.3, 0.4) is 0 Å². The molecule has 0 radical (unpaired) electrons. The summed E-state index contributed by atoms with van der Waals surface area (Å²) in [5.41, 5.74) is 13.3. The maximum atomic E-state index is 5.23. The van der Waals surface area contributed by atoms with Crippen molar-refractivity contribution in [3.8, 4) is 90.6 Å². The molecule has 2 saturated carbocycles. The van der Waals surface area contributed by atoms with Gasteiger partial charge in [-0.05, 0) is 107 Å². The Morgan fingerprint density at radius 1 is 0.338 bits per heavy atom. The third-order valence-electron chi connectivity index (χ3n) is 14.5. The Kier molecular flexibility index (Phi) is 9.62. The molecule has 2 bridgehead atoms. The first-order valence-corrected chi connectivity index (χ1v) is 23.1. The zero-order chi connectivity index (χ0) is 43.5. The van der Waals surface area contributed by atoms with E-state index >= 15 is 0 Å². The van der Waals surface area contributed by atoms with Gasteiger partial charge in [-0.1, -0.05) is 172 Å².